The van der Waals surface area contributed by atoms with E-state index >= 15 is 0 Å². The van der Waals surface area contributed by atoms with Gasteiger partial charge < -0.3 is 5.32 Å². The van der Waals surface area contributed by atoms with Crippen LogP contribution in [0, 0.1) is 5.82 Å². The molecule has 152 valence electrons. The molecule has 0 saturated carbocycles. The third kappa shape index (κ3) is 6.09. The second-order valence-corrected chi connectivity index (χ2v) is 9.05. The van der Waals surface area contributed by atoms with Gasteiger partial charge in [-0.2, -0.15) is 0 Å². The first-order valence-electron chi connectivity index (χ1n) is 8.56. The largest absolute Gasteiger partial charge is 0.354 e. The molecule has 0 radical (unpaired) electrons. The highest BCUT2D eigenvalue weighted by atomic mass is 35.5. The number of nitrogens with zero attached hydrogens (tertiary/aromatic N) is 1. The Morgan fingerprint density at radius 3 is 2.43 bits per heavy atom. The Morgan fingerprint density at radius 1 is 1.18 bits per heavy atom. The van der Waals surface area contributed by atoms with Gasteiger partial charge in [0.15, 0.2) is 0 Å². The molecule has 1 unspecified atom stereocenters. The third-order valence-electron chi connectivity index (χ3n) is 4.09. The molecule has 28 heavy (non-hydrogen) atoms. The Kier molecular flexibility index (Phi) is 7.69. The first kappa shape index (κ1) is 22.5. The van der Waals surface area contributed by atoms with E-state index in [1.165, 1.54) is 37.3 Å². The molecule has 5 nitrogen and oxygen atoms in total. The van der Waals surface area contributed by atoms with Crippen molar-refractivity contribution in [3.05, 3.63) is 63.9 Å². The number of halogens is 3. The molecule has 0 bridgehead atoms. The van der Waals surface area contributed by atoms with E-state index in [1.54, 1.807) is 12.1 Å². The molecule has 0 aliphatic heterocycles. The van der Waals surface area contributed by atoms with Gasteiger partial charge >= 0.3 is 0 Å². The summed E-state index contributed by atoms with van der Waals surface area (Å²) in [5, 5.41) is 3.20. The summed E-state index contributed by atoms with van der Waals surface area (Å²) in [5.74, 6) is -0.757. The molecule has 0 aromatic heterocycles. The van der Waals surface area contributed by atoms with Crippen LogP contribution >= 0.6 is 23.2 Å². The second kappa shape index (κ2) is 9.58. The lowest BCUT2D eigenvalue weighted by Gasteiger charge is -2.29. The average molecular weight is 447 g/mol. The lowest BCUT2D eigenvalue weighted by atomic mass is 10.1. The maximum Gasteiger partial charge on any atom is 0.243 e. The van der Waals surface area contributed by atoms with E-state index in [0.29, 0.717) is 24.4 Å². The van der Waals surface area contributed by atoms with Gasteiger partial charge in [0, 0.05) is 11.6 Å². The number of hydrogen-bond donors (Lipinski definition) is 1. The predicted molar refractivity (Wildman–Crippen MR) is 111 cm³/mol. The van der Waals surface area contributed by atoms with Gasteiger partial charge in [0.2, 0.25) is 15.9 Å². The number of nitrogens with one attached hydrogen (secondary N) is 1. The molecular weight excluding hydrogens is 426 g/mol. The second-order valence-electron chi connectivity index (χ2n) is 6.35. The van der Waals surface area contributed by atoms with Crippen molar-refractivity contribution in [3.63, 3.8) is 0 Å². The van der Waals surface area contributed by atoms with E-state index in [9.17, 15) is 17.6 Å². The van der Waals surface area contributed by atoms with Crippen LogP contribution < -0.4 is 9.62 Å². The Bertz CT molecular complexity index is 937. The first-order chi connectivity index (χ1) is 13.1. The standard InChI is InChI=1S/C19H21Cl2FN2O3S/c1-13(19(25)23-11-3-4-14-5-8-16(22)9-6-14)24(28(2,26)27)18-12-15(20)7-10-17(18)21/h5-10,12-13H,3-4,11H2,1-2H3,(H,23,25). The van der Waals surface area contributed by atoms with E-state index in [2.05, 4.69) is 5.32 Å². The van der Waals surface area contributed by atoms with E-state index in [0.717, 1.165) is 16.1 Å². The van der Waals surface area contributed by atoms with Crippen LogP contribution in [0.15, 0.2) is 42.5 Å². The molecule has 0 saturated heterocycles. The summed E-state index contributed by atoms with van der Waals surface area (Å²) in [7, 11) is -3.79. The van der Waals surface area contributed by atoms with Gasteiger partial charge in [0.25, 0.3) is 0 Å². The SMILES string of the molecule is CC(C(=O)NCCCc1ccc(F)cc1)N(c1cc(Cl)ccc1Cl)S(C)(=O)=O. The maximum absolute atomic E-state index is 12.9. The molecule has 2 rings (SSSR count). The van der Waals surface area contributed by atoms with Crippen molar-refractivity contribution in [2.75, 3.05) is 17.1 Å². The minimum atomic E-state index is -3.79. The molecule has 9 heteroatoms. The molecule has 0 heterocycles. The quantitative estimate of drug-likeness (QED) is 0.622. The fraction of sp³-hybridized carbons (Fsp3) is 0.316. The van der Waals surface area contributed by atoms with Gasteiger partial charge in [-0.25, -0.2) is 12.8 Å². The van der Waals surface area contributed by atoms with E-state index in [-0.39, 0.29) is 16.5 Å². The number of benzene rings is 2. The van der Waals surface area contributed by atoms with Gasteiger partial charge in [-0.05, 0) is 55.7 Å². The molecule has 0 fully saturated rings. The van der Waals surface area contributed by atoms with Gasteiger partial charge in [-0.3, -0.25) is 9.10 Å². The smallest absolute Gasteiger partial charge is 0.243 e. The molecule has 1 amide bonds. The molecule has 0 aliphatic carbocycles. The van der Waals surface area contributed by atoms with Crippen LogP contribution in [-0.4, -0.2) is 33.2 Å². The number of aryl methyl sites for hydroxylation is 1. The highest BCUT2D eigenvalue weighted by molar-refractivity contribution is 7.92. The monoisotopic (exact) mass is 446 g/mol. The van der Waals surface area contributed by atoms with Crippen molar-refractivity contribution in [2.24, 2.45) is 0 Å². The zero-order valence-electron chi connectivity index (χ0n) is 15.5. The maximum atomic E-state index is 12.9. The van der Waals surface area contributed by atoms with Crippen molar-refractivity contribution < 1.29 is 17.6 Å². The lowest BCUT2D eigenvalue weighted by Crippen LogP contribution is -2.48. The van der Waals surface area contributed by atoms with E-state index < -0.39 is 22.0 Å². The van der Waals surface area contributed by atoms with Crippen molar-refractivity contribution in [1.29, 1.82) is 0 Å². The van der Waals surface area contributed by atoms with E-state index in [1.807, 2.05) is 0 Å². The van der Waals surface area contributed by atoms with Gasteiger partial charge in [-0.15, -0.1) is 0 Å². The fourth-order valence-corrected chi connectivity index (χ4v) is 4.34. The van der Waals surface area contributed by atoms with Crippen molar-refractivity contribution in [1.82, 2.24) is 5.32 Å². The third-order valence-corrected chi connectivity index (χ3v) is 5.87. The lowest BCUT2D eigenvalue weighted by molar-refractivity contribution is -0.121. The Morgan fingerprint density at radius 2 is 1.82 bits per heavy atom. The molecule has 0 spiro atoms. The fourth-order valence-electron chi connectivity index (χ4n) is 2.74. The summed E-state index contributed by atoms with van der Waals surface area (Å²) in [4.78, 5) is 12.5. The minimum Gasteiger partial charge on any atom is -0.354 e. The van der Waals surface area contributed by atoms with Crippen LogP contribution in [0.2, 0.25) is 10.0 Å². The van der Waals surface area contributed by atoms with Gasteiger partial charge in [0.1, 0.15) is 11.9 Å². The summed E-state index contributed by atoms with van der Waals surface area (Å²) in [6.07, 6.45) is 2.29. The van der Waals surface area contributed by atoms with Gasteiger partial charge in [0.05, 0.1) is 17.0 Å². The number of hydrogen-bond acceptors (Lipinski definition) is 3. The molecule has 2 aromatic rings. The summed E-state index contributed by atoms with van der Waals surface area (Å²) >= 11 is 12.1. The van der Waals surface area contributed by atoms with Crippen LogP contribution in [0.4, 0.5) is 10.1 Å². The molecular formula is C19H21Cl2FN2O3S. The summed E-state index contributed by atoms with van der Waals surface area (Å²) in [6, 6.07) is 9.54. The van der Waals surface area contributed by atoms with Crippen LogP contribution in [0.25, 0.3) is 0 Å². The zero-order valence-corrected chi connectivity index (χ0v) is 17.8. The highest BCUT2D eigenvalue weighted by Gasteiger charge is 2.30. The van der Waals surface area contributed by atoms with Crippen molar-refractivity contribution in [2.45, 2.75) is 25.8 Å². The number of rotatable bonds is 8. The number of amides is 1. The van der Waals surface area contributed by atoms with E-state index in [4.69, 9.17) is 23.2 Å². The van der Waals surface area contributed by atoms with Crippen LogP contribution in [0.1, 0.15) is 18.9 Å². The number of carbonyl (C=O) groups excluding carboxylic acids is 1. The summed E-state index contributed by atoms with van der Waals surface area (Å²) in [5.41, 5.74) is 1.10. The van der Waals surface area contributed by atoms with Crippen molar-refractivity contribution >= 4 is 44.8 Å². The predicted octanol–water partition coefficient (Wildman–Crippen LogP) is 4.04. The van der Waals surface area contributed by atoms with Crippen LogP contribution in [0.3, 0.4) is 0 Å². The average Bonchev–Trinajstić information content (AvgIpc) is 2.62. The van der Waals surface area contributed by atoms with Crippen LogP contribution in [0.5, 0.6) is 0 Å². The van der Waals surface area contributed by atoms with Gasteiger partial charge in [-0.1, -0.05) is 35.3 Å². The van der Waals surface area contributed by atoms with Crippen LogP contribution in [-0.2, 0) is 21.2 Å². The highest BCUT2D eigenvalue weighted by Crippen LogP contribution is 2.32. The topological polar surface area (TPSA) is 66.5 Å². The molecule has 0 aliphatic rings. The Labute approximate surface area is 174 Å². The molecule has 2 aromatic carbocycles. The normalized spacial score (nSPS) is 12.5. The zero-order chi connectivity index (χ0) is 20.9. The molecule has 1 atom stereocenters. The number of anilines is 1. The Hall–Kier alpha value is -1.83. The summed E-state index contributed by atoms with van der Waals surface area (Å²) in [6.45, 7) is 1.83. The van der Waals surface area contributed by atoms with Crippen molar-refractivity contribution in [3.8, 4) is 0 Å². The number of carbonyl (C=O) groups is 1. The molecule has 1 N–H and O–H groups in total. The summed E-state index contributed by atoms with van der Waals surface area (Å²) < 4.78 is 38.5. The Balaban J connectivity index is 2.03. The first-order valence-corrected chi connectivity index (χ1v) is 11.2. The minimum absolute atomic E-state index is 0.144. The number of sulfonamides is 1.